The summed E-state index contributed by atoms with van der Waals surface area (Å²) < 4.78 is 6.02. The first-order chi connectivity index (χ1) is 9.26. The van der Waals surface area contributed by atoms with E-state index in [2.05, 4.69) is 59.3 Å². The highest BCUT2D eigenvalue weighted by atomic mass is 79.9. The number of hydrogen-bond acceptors (Lipinski definition) is 1. The highest BCUT2D eigenvalue weighted by Crippen LogP contribution is 2.30. The number of hydrogen-bond donors (Lipinski definition) is 0. The second-order valence-corrected chi connectivity index (χ2v) is 5.68. The summed E-state index contributed by atoms with van der Waals surface area (Å²) in [6.45, 7) is 2.09. The molecule has 0 bridgehead atoms. The number of halogens is 1. The second-order valence-electron chi connectivity index (χ2n) is 5.12. The maximum atomic E-state index is 6.02. The third-order valence-corrected chi connectivity index (χ3v) is 4.34. The molecule has 0 atom stereocenters. The van der Waals surface area contributed by atoms with Crippen LogP contribution in [-0.4, -0.2) is 0 Å². The smallest absolute Gasteiger partial charge is 0.130 e. The molecule has 19 heavy (non-hydrogen) atoms. The lowest BCUT2D eigenvalue weighted by Crippen LogP contribution is -1.91. The molecule has 1 nitrogen and oxygen atoms in total. The molecule has 0 N–H and O–H groups in total. The molecule has 1 aliphatic carbocycles. The summed E-state index contributed by atoms with van der Waals surface area (Å²) >= 11 is 3.48. The van der Waals surface area contributed by atoms with Gasteiger partial charge in [0.05, 0.1) is 0 Å². The molecule has 0 spiro atoms. The zero-order chi connectivity index (χ0) is 13.2. The summed E-state index contributed by atoms with van der Waals surface area (Å²) in [6.07, 6.45) is 3.68. The maximum Gasteiger partial charge on any atom is 0.130 e. The number of aryl methyl sites for hydroxylation is 3. The van der Waals surface area contributed by atoms with Crippen molar-refractivity contribution in [3.63, 3.8) is 0 Å². The average Bonchev–Trinajstić information content (AvgIpc) is 2.88. The predicted octanol–water partition coefficient (Wildman–Crippen LogP) is 5.17. The molecule has 0 heterocycles. The molecule has 0 unspecified atom stereocenters. The SMILES string of the molecule is Cc1cc(CBr)ccc1Oc1ccc2c(c1)CCC2. The molecule has 0 fully saturated rings. The van der Waals surface area contributed by atoms with Gasteiger partial charge < -0.3 is 4.74 Å². The summed E-state index contributed by atoms with van der Waals surface area (Å²) in [6, 6.07) is 12.8. The fourth-order valence-electron chi connectivity index (χ4n) is 2.65. The number of fused-ring (bicyclic) bond motifs is 1. The quantitative estimate of drug-likeness (QED) is 0.710. The van der Waals surface area contributed by atoms with E-state index in [1.807, 2.05) is 0 Å². The molecule has 0 aliphatic heterocycles. The van der Waals surface area contributed by atoms with Crippen molar-refractivity contribution in [2.45, 2.75) is 31.5 Å². The minimum Gasteiger partial charge on any atom is -0.457 e. The number of rotatable bonds is 3. The van der Waals surface area contributed by atoms with Crippen molar-refractivity contribution in [3.05, 3.63) is 58.7 Å². The molecule has 0 saturated heterocycles. The Labute approximate surface area is 122 Å². The van der Waals surface area contributed by atoms with Gasteiger partial charge in [-0.3, -0.25) is 0 Å². The van der Waals surface area contributed by atoms with Crippen LogP contribution in [0, 0.1) is 6.92 Å². The highest BCUT2D eigenvalue weighted by molar-refractivity contribution is 9.08. The van der Waals surface area contributed by atoms with Crippen molar-refractivity contribution in [1.82, 2.24) is 0 Å². The van der Waals surface area contributed by atoms with E-state index in [-0.39, 0.29) is 0 Å². The molecule has 2 aromatic carbocycles. The highest BCUT2D eigenvalue weighted by Gasteiger charge is 2.12. The van der Waals surface area contributed by atoms with Crippen molar-refractivity contribution in [1.29, 1.82) is 0 Å². The zero-order valence-corrected chi connectivity index (χ0v) is 12.7. The van der Waals surface area contributed by atoms with Crippen molar-refractivity contribution >= 4 is 15.9 Å². The molecule has 2 aromatic rings. The van der Waals surface area contributed by atoms with Crippen LogP contribution in [0.2, 0.25) is 0 Å². The van der Waals surface area contributed by atoms with Gasteiger partial charge in [0.15, 0.2) is 0 Å². The molecule has 0 aromatic heterocycles. The van der Waals surface area contributed by atoms with E-state index < -0.39 is 0 Å². The third-order valence-electron chi connectivity index (χ3n) is 3.69. The second kappa shape index (κ2) is 5.38. The standard InChI is InChI=1S/C17H17BrO/c1-12-9-13(11-18)5-8-17(12)19-16-7-6-14-3-2-4-15(14)10-16/h5-10H,2-4,11H2,1H3. The lowest BCUT2D eigenvalue weighted by molar-refractivity contribution is 0.478. The van der Waals surface area contributed by atoms with Crippen LogP contribution in [0.25, 0.3) is 0 Å². The lowest BCUT2D eigenvalue weighted by Gasteiger charge is -2.11. The lowest BCUT2D eigenvalue weighted by atomic mass is 10.1. The summed E-state index contributed by atoms with van der Waals surface area (Å²) in [5.41, 5.74) is 5.39. The Bertz CT molecular complexity index is 604. The topological polar surface area (TPSA) is 9.23 Å². The molecule has 0 saturated carbocycles. The minimum atomic E-state index is 0.882. The molecule has 2 heteroatoms. The van der Waals surface area contributed by atoms with Crippen molar-refractivity contribution < 1.29 is 4.74 Å². The van der Waals surface area contributed by atoms with E-state index in [0.29, 0.717) is 0 Å². The zero-order valence-electron chi connectivity index (χ0n) is 11.1. The van der Waals surface area contributed by atoms with Crippen LogP contribution in [0.1, 0.15) is 28.7 Å². The van der Waals surface area contributed by atoms with Crippen molar-refractivity contribution in [2.75, 3.05) is 0 Å². The fraction of sp³-hybridized carbons (Fsp3) is 0.294. The van der Waals surface area contributed by atoms with Crippen LogP contribution in [0.15, 0.2) is 36.4 Å². The first-order valence-corrected chi connectivity index (χ1v) is 7.83. The van der Waals surface area contributed by atoms with Gasteiger partial charge in [0.25, 0.3) is 0 Å². The normalized spacial score (nSPS) is 13.4. The monoisotopic (exact) mass is 316 g/mol. The van der Waals surface area contributed by atoms with Gasteiger partial charge in [-0.05, 0) is 66.6 Å². The van der Waals surface area contributed by atoms with Gasteiger partial charge in [-0.25, -0.2) is 0 Å². The van der Waals surface area contributed by atoms with Crippen LogP contribution >= 0.6 is 15.9 Å². The van der Waals surface area contributed by atoms with E-state index in [1.165, 1.54) is 41.5 Å². The molecule has 98 valence electrons. The summed E-state index contributed by atoms with van der Waals surface area (Å²) in [5.74, 6) is 1.90. The van der Waals surface area contributed by atoms with Gasteiger partial charge in [0, 0.05) is 5.33 Å². The Morgan fingerprint density at radius 2 is 1.89 bits per heavy atom. The van der Waals surface area contributed by atoms with Crippen LogP contribution in [0.3, 0.4) is 0 Å². The molecular formula is C17H17BrO. The van der Waals surface area contributed by atoms with E-state index >= 15 is 0 Å². The van der Waals surface area contributed by atoms with Crippen LogP contribution in [-0.2, 0) is 18.2 Å². The van der Waals surface area contributed by atoms with Crippen LogP contribution < -0.4 is 4.74 Å². The molecule has 3 rings (SSSR count). The predicted molar refractivity (Wildman–Crippen MR) is 82.4 cm³/mol. The van der Waals surface area contributed by atoms with E-state index in [4.69, 9.17) is 4.74 Å². The first kappa shape index (κ1) is 12.7. The van der Waals surface area contributed by atoms with Gasteiger partial charge in [-0.15, -0.1) is 0 Å². The first-order valence-electron chi connectivity index (χ1n) is 6.71. The number of benzene rings is 2. The average molecular weight is 317 g/mol. The largest absolute Gasteiger partial charge is 0.457 e. The molecule has 1 aliphatic rings. The van der Waals surface area contributed by atoms with Crippen LogP contribution in [0.4, 0.5) is 0 Å². The van der Waals surface area contributed by atoms with E-state index in [9.17, 15) is 0 Å². The number of alkyl halides is 1. The maximum absolute atomic E-state index is 6.02. The Balaban J connectivity index is 1.85. The third kappa shape index (κ3) is 2.69. The Morgan fingerprint density at radius 1 is 1.05 bits per heavy atom. The Hall–Kier alpha value is -1.28. The van der Waals surface area contributed by atoms with Crippen molar-refractivity contribution in [3.8, 4) is 11.5 Å². The van der Waals surface area contributed by atoms with Gasteiger partial charge in [0.2, 0.25) is 0 Å². The van der Waals surface area contributed by atoms with Gasteiger partial charge in [0.1, 0.15) is 11.5 Å². The molecular weight excluding hydrogens is 300 g/mol. The summed E-state index contributed by atoms with van der Waals surface area (Å²) in [4.78, 5) is 0. The number of ether oxygens (including phenoxy) is 1. The minimum absolute atomic E-state index is 0.882. The van der Waals surface area contributed by atoms with Crippen molar-refractivity contribution in [2.24, 2.45) is 0 Å². The summed E-state index contributed by atoms with van der Waals surface area (Å²) in [5, 5.41) is 0.882. The van der Waals surface area contributed by atoms with E-state index in [0.717, 1.165) is 16.8 Å². The fourth-order valence-corrected chi connectivity index (χ4v) is 3.00. The molecule has 0 radical (unpaired) electrons. The van der Waals surface area contributed by atoms with Gasteiger partial charge in [-0.2, -0.15) is 0 Å². The Kier molecular flexibility index (Phi) is 3.61. The molecule has 0 amide bonds. The Morgan fingerprint density at radius 3 is 2.68 bits per heavy atom. The summed E-state index contributed by atoms with van der Waals surface area (Å²) in [7, 11) is 0. The van der Waals surface area contributed by atoms with Gasteiger partial charge >= 0.3 is 0 Å². The van der Waals surface area contributed by atoms with Crippen LogP contribution in [0.5, 0.6) is 11.5 Å². The van der Waals surface area contributed by atoms with E-state index in [1.54, 1.807) is 0 Å². The van der Waals surface area contributed by atoms with Gasteiger partial charge in [-0.1, -0.05) is 34.1 Å².